The van der Waals surface area contributed by atoms with Crippen LogP contribution in [0, 0.1) is 0 Å². The van der Waals surface area contributed by atoms with E-state index < -0.39 is 10.0 Å². The SMILES string of the molecule is CN(C)C(=O)c1cc2cnc(Nc3ccc(S(=O)(=O)NCCCCCN=C=S)cc3)nc2n1C1CCCC1. The van der Waals surface area contributed by atoms with Crippen LogP contribution in [0.4, 0.5) is 11.6 Å². The van der Waals surface area contributed by atoms with Gasteiger partial charge in [-0.15, -0.1) is 0 Å². The number of hydrogen-bond donors (Lipinski definition) is 2. The number of carbonyl (C=O) groups excluding carboxylic acids is 1. The minimum atomic E-state index is -3.60. The van der Waals surface area contributed by atoms with Crippen LogP contribution in [0.25, 0.3) is 11.0 Å². The highest BCUT2D eigenvalue weighted by atomic mass is 32.2. The normalized spacial score (nSPS) is 13.9. The Labute approximate surface area is 228 Å². The van der Waals surface area contributed by atoms with E-state index in [-0.39, 0.29) is 16.8 Å². The van der Waals surface area contributed by atoms with Crippen LogP contribution in [-0.4, -0.2) is 66.1 Å². The predicted molar refractivity (Wildman–Crippen MR) is 152 cm³/mol. The Hall–Kier alpha value is -3.18. The van der Waals surface area contributed by atoms with Crippen molar-refractivity contribution in [2.45, 2.75) is 55.9 Å². The topological polar surface area (TPSA) is 122 Å². The smallest absolute Gasteiger partial charge is 0.270 e. The van der Waals surface area contributed by atoms with E-state index in [0.717, 1.165) is 56.0 Å². The Morgan fingerprint density at radius 3 is 2.61 bits per heavy atom. The van der Waals surface area contributed by atoms with Crippen LogP contribution >= 0.6 is 12.2 Å². The lowest BCUT2D eigenvalue weighted by Gasteiger charge is -2.19. The number of aliphatic imine (C=N–C) groups is 1. The van der Waals surface area contributed by atoms with E-state index in [1.165, 1.54) is 0 Å². The molecule has 1 aliphatic rings. The summed E-state index contributed by atoms with van der Waals surface area (Å²) in [5.41, 5.74) is 2.00. The number of amides is 1. The Morgan fingerprint density at radius 2 is 1.92 bits per heavy atom. The number of nitrogens with one attached hydrogen (secondary N) is 2. The molecule has 2 N–H and O–H groups in total. The molecule has 10 nitrogen and oxygen atoms in total. The zero-order valence-electron chi connectivity index (χ0n) is 21.7. The molecule has 202 valence electrons. The van der Waals surface area contributed by atoms with E-state index in [0.29, 0.717) is 30.4 Å². The van der Waals surface area contributed by atoms with Gasteiger partial charge in [0.2, 0.25) is 16.0 Å². The lowest BCUT2D eigenvalue weighted by Crippen LogP contribution is -2.25. The van der Waals surface area contributed by atoms with Crippen molar-refractivity contribution < 1.29 is 13.2 Å². The molecule has 0 unspecified atom stereocenters. The fraction of sp³-hybridized carbons (Fsp3) is 0.462. The molecular formula is C26H33N7O3S2. The fourth-order valence-corrected chi connectivity index (χ4v) is 5.83. The van der Waals surface area contributed by atoms with Crippen LogP contribution in [0.2, 0.25) is 0 Å². The highest BCUT2D eigenvalue weighted by molar-refractivity contribution is 7.89. The van der Waals surface area contributed by atoms with Gasteiger partial charge in [-0.05, 0) is 68.2 Å². The number of rotatable bonds is 12. The van der Waals surface area contributed by atoms with Gasteiger partial charge in [-0.2, -0.15) is 4.98 Å². The predicted octanol–water partition coefficient (Wildman–Crippen LogP) is 4.54. The number of fused-ring (bicyclic) bond motifs is 1. The number of carbonyl (C=O) groups is 1. The Bertz CT molecular complexity index is 1420. The lowest BCUT2D eigenvalue weighted by atomic mass is 10.2. The van der Waals surface area contributed by atoms with Gasteiger partial charge in [-0.25, -0.2) is 23.1 Å². The van der Waals surface area contributed by atoms with Crippen molar-refractivity contribution in [3.63, 3.8) is 0 Å². The molecule has 0 bridgehead atoms. The molecule has 2 aromatic heterocycles. The zero-order chi connectivity index (χ0) is 27.1. The molecule has 0 aliphatic heterocycles. The van der Waals surface area contributed by atoms with Crippen LogP contribution < -0.4 is 10.0 Å². The van der Waals surface area contributed by atoms with Crippen molar-refractivity contribution in [3.8, 4) is 0 Å². The third-order valence-corrected chi connectivity index (χ3v) is 8.22. The molecule has 1 fully saturated rings. The quantitative estimate of drug-likeness (QED) is 0.191. The molecule has 1 aromatic carbocycles. The van der Waals surface area contributed by atoms with Crippen molar-refractivity contribution in [1.29, 1.82) is 0 Å². The number of unbranched alkanes of at least 4 members (excludes halogenated alkanes) is 2. The lowest BCUT2D eigenvalue weighted by molar-refractivity contribution is 0.0815. The van der Waals surface area contributed by atoms with E-state index in [1.807, 2.05) is 6.07 Å². The van der Waals surface area contributed by atoms with E-state index in [4.69, 9.17) is 4.98 Å². The van der Waals surface area contributed by atoms with Gasteiger partial charge in [0, 0.05) is 50.5 Å². The molecule has 0 atom stereocenters. The van der Waals surface area contributed by atoms with Crippen LogP contribution in [0.3, 0.4) is 0 Å². The minimum Gasteiger partial charge on any atom is -0.343 e. The first-order chi connectivity index (χ1) is 18.3. The second kappa shape index (κ2) is 12.6. The Morgan fingerprint density at radius 1 is 1.18 bits per heavy atom. The molecule has 3 aromatic rings. The summed E-state index contributed by atoms with van der Waals surface area (Å²) in [6, 6.07) is 8.55. The van der Waals surface area contributed by atoms with Gasteiger partial charge in [0.05, 0.1) is 10.1 Å². The second-order valence-corrected chi connectivity index (χ2v) is 11.5. The first-order valence-electron chi connectivity index (χ1n) is 12.8. The fourth-order valence-electron chi connectivity index (χ4n) is 4.67. The van der Waals surface area contributed by atoms with Crippen LogP contribution in [0.15, 0.2) is 46.4 Å². The molecule has 1 aliphatic carbocycles. The molecule has 0 radical (unpaired) electrons. The van der Waals surface area contributed by atoms with Gasteiger partial charge < -0.3 is 14.8 Å². The summed E-state index contributed by atoms with van der Waals surface area (Å²) in [4.78, 5) is 27.7. The number of thiocarbonyl (C=S) groups is 1. The molecule has 1 saturated carbocycles. The van der Waals surface area contributed by atoms with Gasteiger partial charge in [0.15, 0.2) is 0 Å². The number of benzene rings is 1. The van der Waals surface area contributed by atoms with E-state index >= 15 is 0 Å². The van der Waals surface area contributed by atoms with Crippen molar-refractivity contribution in [3.05, 3.63) is 42.2 Å². The van der Waals surface area contributed by atoms with Crippen molar-refractivity contribution in [2.75, 3.05) is 32.5 Å². The standard InChI is InChI=1S/C26H33N7O3S2/c1-32(2)25(34)23-16-19-17-28-26(31-24(19)33(23)21-8-4-5-9-21)30-20-10-12-22(13-11-20)38(35,36)29-15-7-3-6-14-27-18-37/h10-13,16-17,21,29H,3-9,14-15H2,1-2H3,(H,28,30,31). The van der Waals surface area contributed by atoms with Crippen LogP contribution in [-0.2, 0) is 10.0 Å². The maximum atomic E-state index is 12.9. The maximum Gasteiger partial charge on any atom is 0.270 e. The first-order valence-corrected chi connectivity index (χ1v) is 14.7. The highest BCUT2D eigenvalue weighted by Crippen LogP contribution is 2.35. The number of aromatic nitrogens is 3. The van der Waals surface area contributed by atoms with Crippen molar-refractivity contribution in [2.24, 2.45) is 4.99 Å². The minimum absolute atomic E-state index is 0.0601. The number of isothiocyanates is 1. The van der Waals surface area contributed by atoms with Gasteiger partial charge in [0.25, 0.3) is 5.91 Å². The van der Waals surface area contributed by atoms with E-state index in [2.05, 4.69) is 42.0 Å². The van der Waals surface area contributed by atoms with E-state index in [1.54, 1.807) is 49.5 Å². The summed E-state index contributed by atoms with van der Waals surface area (Å²) in [6.45, 7) is 0.972. The number of nitrogens with zero attached hydrogens (tertiary/aromatic N) is 5. The van der Waals surface area contributed by atoms with Crippen molar-refractivity contribution in [1.82, 2.24) is 24.2 Å². The molecule has 1 amide bonds. The van der Waals surface area contributed by atoms with Gasteiger partial charge in [-0.1, -0.05) is 19.3 Å². The monoisotopic (exact) mass is 555 g/mol. The summed E-state index contributed by atoms with van der Waals surface area (Å²) < 4.78 is 29.9. The number of hydrogen-bond acceptors (Lipinski definition) is 8. The summed E-state index contributed by atoms with van der Waals surface area (Å²) in [7, 11) is -0.110. The highest BCUT2D eigenvalue weighted by Gasteiger charge is 2.26. The average molecular weight is 556 g/mol. The molecule has 2 heterocycles. The van der Waals surface area contributed by atoms with E-state index in [9.17, 15) is 13.2 Å². The largest absolute Gasteiger partial charge is 0.343 e. The number of sulfonamides is 1. The molecule has 38 heavy (non-hydrogen) atoms. The van der Waals surface area contributed by atoms with Crippen LogP contribution in [0.5, 0.6) is 0 Å². The van der Waals surface area contributed by atoms with Gasteiger partial charge >= 0.3 is 0 Å². The summed E-state index contributed by atoms with van der Waals surface area (Å²) in [5, 5.41) is 6.30. The maximum absolute atomic E-state index is 12.9. The summed E-state index contributed by atoms with van der Waals surface area (Å²) in [5.74, 6) is 0.320. The molecule has 4 rings (SSSR count). The van der Waals surface area contributed by atoms with Crippen molar-refractivity contribution >= 4 is 56.0 Å². The molecule has 12 heteroatoms. The second-order valence-electron chi connectivity index (χ2n) is 9.59. The Kier molecular flexibility index (Phi) is 9.22. The molecule has 0 saturated heterocycles. The Balaban J connectivity index is 1.47. The third-order valence-electron chi connectivity index (χ3n) is 6.62. The van der Waals surface area contributed by atoms with Gasteiger partial charge in [-0.3, -0.25) is 4.79 Å². The summed E-state index contributed by atoms with van der Waals surface area (Å²) >= 11 is 4.53. The first kappa shape index (κ1) is 27.8. The summed E-state index contributed by atoms with van der Waals surface area (Å²) in [6.07, 6.45) is 8.41. The third kappa shape index (κ3) is 6.63. The molecule has 0 spiro atoms. The van der Waals surface area contributed by atoms with Crippen LogP contribution in [0.1, 0.15) is 61.5 Å². The zero-order valence-corrected chi connectivity index (χ0v) is 23.3. The number of anilines is 2. The average Bonchev–Trinajstić information content (AvgIpc) is 3.55. The van der Waals surface area contributed by atoms with Gasteiger partial charge in [0.1, 0.15) is 11.3 Å². The molecular weight excluding hydrogens is 522 g/mol.